The van der Waals surface area contributed by atoms with Crippen molar-refractivity contribution in [2.24, 2.45) is 10.4 Å². The summed E-state index contributed by atoms with van der Waals surface area (Å²) >= 11 is 0. The Morgan fingerprint density at radius 3 is 2.33 bits per heavy atom. The molecule has 0 unspecified atom stereocenters. The van der Waals surface area contributed by atoms with Gasteiger partial charge in [-0.05, 0) is 12.1 Å². The van der Waals surface area contributed by atoms with Crippen LogP contribution in [-0.4, -0.2) is 32.4 Å². The third-order valence-corrected chi connectivity index (χ3v) is 3.00. The van der Waals surface area contributed by atoms with Crippen LogP contribution in [0.4, 0.5) is 14.5 Å². The fourth-order valence-electron chi connectivity index (χ4n) is 1.94. The minimum atomic E-state index is -0.641. The first kappa shape index (κ1) is 11.4. The van der Waals surface area contributed by atoms with Gasteiger partial charge in [0.1, 0.15) is 18.2 Å². The molecule has 18 heavy (non-hydrogen) atoms. The van der Waals surface area contributed by atoms with Crippen molar-refractivity contribution in [2.75, 3.05) is 31.7 Å². The summed E-state index contributed by atoms with van der Waals surface area (Å²) in [4.78, 5) is 4.22. The van der Waals surface area contributed by atoms with Crippen LogP contribution in [0.3, 0.4) is 0 Å². The third kappa shape index (κ3) is 2.15. The van der Waals surface area contributed by atoms with E-state index in [0.29, 0.717) is 26.4 Å². The van der Waals surface area contributed by atoms with Crippen molar-refractivity contribution in [2.45, 2.75) is 0 Å². The Balaban J connectivity index is 1.69. The van der Waals surface area contributed by atoms with Crippen molar-refractivity contribution in [1.29, 1.82) is 0 Å². The Morgan fingerprint density at radius 1 is 1.11 bits per heavy atom. The van der Waals surface area contributed by atoms with Crippen LogP contribution in [0.25, 0.3) is 0 Å². The van der Waals surface area contributed by atoms with Crippen LogP contribution in [0.5, 0.6) is 0 Å². The predicted octanol–water partition coefficient (Wildman–Crippen LogP) is 1.78. The third-order valence-electron chi connectivity index (χ3n) is 3.00. The topological polar surface area (TPSA) is 42.9 Å². The molecule has 1 aromatic rings. The summed E-state index contributed by atoms with van der Waals surface area (Å²) < 4.78 is 36.5. The van der Waals surface area contributed by atoms with Gasteiger partial charge in [-0.3, -0.25) is 0 Å². The molecule has 0 amide bonds. The first-order valence-electron chi connectivity index (χ1n) is 5.63. The largest absolute Gasteiger partial charge is 0.464 e. The molecule has 2 heterocycles. The second kappa shape index (κ2) is 4.20. The SMILES string of the molecule is Fc1cc(F)cc(NC2=NCC3(COC3)CO2)c1. The van der Waals surface area contributed by atoms with Gasteiger partial charge in [-0.15, -0.1) is 0 Å². The number of aliphatic imine (C=N–C) groups is 1. The molecule has 1 saturated heterocycles. The Kier molecular flexibility index (Phi) is 2.66. The summed E-state index contributed by atoms with van der Waals surface area (Å²) in [6.07, 6.45) is 0. The standard InChI is InChI=1S/C12H12F2N2O2/c13-8-1-9(14)3-10(2-8)16-11-15-4-12(7-18-11)5-17-6-12/h1-3H,4-7H2,(H,15,16). The summed E-state index contributed by atoms with van der Waals surface area (Å²) in [6.45, 7) is 2.42. The molecule has 96 valence electrons. The lowest BCUT2D eigenvalue weighted by Crippen LogP contribution is -2.51. The zero-order valence-corrected chi connectivity index (χ0v) is 9.58. The van der Waals surface area contributed by atoms with E-state index in [2.05, 4.69) is 10.3 Å². The van der Waals surface area contributed by atoms with E-state index in [4.69, 9.17) is 9.47 Å². The van der Waals surface area contributed by atoms with Crippen LogP contribution in [0.2, 0.25) is 0 Å². The molecule has 1 spiro atoms. The number of nitrogens with zero attached hydrogens (tertiary/aromatic N) is 1. The number of benzene rings is 1. The number of hydrogen-bond acceptors (Lipinski definition) is 4. The molecule has 3 rings (SSSR count). The molecule has 1 aromatic carbocycles. The highest BCUT2D eigenvalue weighted by atomic mass is 19.1. The molecule has 6 heteroatoms. The normalized spacial score (nSPS) is 20.9. The van der Waals surface area contributed by atoms with E-state index >= 15 is 0 Å². The van der Waals surface area contributed by atoms with Crippen LogP contribution in [-0.2, 0) is 9.47 Å². The Bertz CT molecular complexity index is 481. The lowest BCUT2D eigenvalue weighted by Gasteiger charge is -2.41. The lowest BCUT2D eigenvalue weighted by atomic mass is 9.87. The summed E-state index contributed by atoms with van der Waals surface area (Å²) in [5.41, 5.74) is 0.283. The van der Waals surface area contributed by atoms with Crippen LogP contribution < -0.4 is 5.32 Å². The highest BCUT2D eigenvalue weighted by Crippen LogP contribution is 2.30. The van der Waals surface area contributed by atoms with Crippen LogP contribution in [0.15, 0.2) is 23.2 Å². The van der Waals surface area contributed by atoms with Gasteiger partial charge in [0.15, 0.2) is 0 Å². The maximum absolute atomic E-state index is 13.0. The number of rotatable bonds is 1. The van der Waals surface area contributed by atoms with Gasteiger partial charge >= 0.3 is 0 Å². The van der Waals surface area contributed by atoms with E-state index < -0.39 is 11.6 Å². The van der Waals surface area contributed by atoms with Gasteiger partial charge in [-0.25, -0.2) is 13.8 Å². The average Bonchev–Trinajstić information content (AvgIpc) is 2.26. The highest BCUT2D eigenvalue weighted by Gasteiger charge is 2.42. The van der Waals surface area contributed by atoms with Crippen molar-refractivity contribution < 1.29 is 18.3 Å². The van der Waals surface area contributed by atoms with Gasteiger partial charge in [0.25, 0.3) is 6.02 Å². The molecule has 0 aliphatic carbocycles. The quantitative estimate of drug-likeness (QED) is 0.830. The van der Waals surface area contributed by atoms with Crippen molar-refractivity contribution in [3.8, 4) is 0 Å². The first-order chi connectivity index (χ1) is 8.65. The maximum Gasteiger partial charge on any atom is 0.289 e. The minimum absolute atomic E-state index is 0.00162. The fourth-order valence-corrected chi connectivity index (χ4v) is 1.94. The number of ether oxygens (including phenoxy) is 2. The second-order valence-corrected chi connectivity index (χ2v) is 4.69. The van der Waals surface area contributed by atoms with Crippen molar-refractivity contribution in [3.05, 3.63) is 29.8 Å². The molecule has 0 radical (unpaired) electrons. The summed E-state index contributed by atoms with van der Waals surface area (Å²) in [7, 11) is 0. The predicted molar refractivity (Wildman–Crippen MR) is 61.5 cm³/mol. The molecule has 0 aromatic heterocycles. The van der Waals surface area contributed by atoms with E-state index in [0.717, 1.165) is 6.07 Å². The minimum Gasteiger partial charge on any atom is -0.464 e. The van der Waals surface area contributed by atoms with Crippen LogP contribution in [0.1, 0.15) is 0 Å². The van der Waals surface area contributed by atoms with Gasteiger partial charge in [0.05, 0.1) is 25.2 Å². The van der Waals surface area contributed by atoms with E-state index in [9.17, 15) is 8.78 Å². The van der Waals surface area contributed by atoms with Crippen molar-refractivity contribution >= 4 is 11.7 Å². The van der Waals surface area contributed by atoms with E-state index in [1.807, 2.05) is 0 Å². The Labute approximate surface area is 103 Å². The van der Waals surface area contributed by atoms with E-state index in [-0.39, 0.29) is 17.1 Å². The fraction of sp³-hybridized carbons (Fsp3) is 0.417. The van der Waals surface area contributed by atoms with Gasteiger partial charge in [0, 0.05) is 11.8 Å². The molecular formula is C12H12F2N2O2. The Hall–Kier alpha value is -1.69. The van der Waals surface area contributed by atoms with E-state index in [1.54, 1.807) is 0 Å². The first-order valence-corrected chi connectivity index (χ1v) is 5.63. The molecule has 4 nitrogen and oxygen atoms in total. The molecule has 1 N–H and O–H groups in total. The molecule has 0 saturated carbocycles. The lowest BCUT2D eigenvalue weighted by molar-refractivity contribution is -0.132. The second-order valence-electron chi connectivity index (χ2n) is 4.69. The maximum atomic E-state index is 13.0. The molecule has 1 fully saturated rings. The smallest absolute Gasteiger partial charge is 0.289 e. The van der Waals surface area contributed by atoms with Crippen molar-refractivity contribution in [3.63, 3.8) is 0 Å². The molecule has 2 aliphatic heterocycles. The summed E-state index contributed by atoms with van der Waals surface area (Å²) in [6, 6.07) is 3.48. The monoisotopic (exact) mass is 254 g/mol. The van der Waals surface area contributed by atoms with Gasteiger partial charge in [-0.1, -0.05) is 0 Å². The zero-order valence-electron chi connectivity index (χ0n) is 9.58. The molecule has 0 atom stereocenters. The Morgan fingerprint density at radius 2 is 1.83 bits per heavy atom. The molecule has 0 bridgehead atoms. The van der Waals surface area contributed by atoms with Crippen LogP contribution in [0, 0.1) is 17.0 Å². The number of anilines is 1. The van der Waals surface area contributed by atoms with E-state index in [1.165, 1.54) is 12.1 Å². The number of halogens is 2. The number of nitrogens with one attached hydrogen (secondary N) is 1. The summed E-state index contributed by atoms with van der Waals surface area (Å²) in [5, 5.41) is 2.76. The molecular weight excluding hydrogens is 242 g/mol. The van der Waals surface area contributed by atoms with Crippen LogP contribution >= 0.6 is 0 Å². The zero-order chi connectivity index (χ0) is 12.6. The van der Waals surface area contributed by atoms with Gasteiger partial charge < -0.3 is 14.8 Å². The number of hydrogen-bond donors (Lipinski definition) is 1. The van der Waals surface area contributed by atoms with Gasteiger partial charge in [-0.2, -0.15) is 0 Å². The number of amidine groups is 1. The summed E-state index contributed by atoms with van der Waals surface area (Å²) in [5.74, 6) is -1.28. The van der Waals surface area contributed by atoms with Crippen molar-refractivity contribution in [1.82, 2.24) is 0 Å². The van der Waals surface area contributed by atoms with Gasteiger partial charge in [0.2, 0.25) is 0 Å². The highest BCUT2D eigenvalue weighted by molar-refractivity contribution is 5.89. The average molecular weight is 254 g/mol. The molecule has 2 aliphatic rings.